The van der Waals surface area contributed by atoms with Crippen molar-refractivity contribution in [3.05, 3.63) is 35.9 Å². The van der Waals surface area contributed by atoms with Crippen molar-refractivity contribution in [3.8, 4) is 0 Å². The summed E-state index contributed by atoms with van der Waals surface area (Å²) >= 11 is 0. The van der Waals surface area contributed by atoms with E-state index >= 15 is 0 Å². The average molecular weight is 248 g/mol. The lowest BCUT2D eigenvalue weighted by Gasteiger charge is -2.25. The van der Waals surface area contributed by atoms with Gasteiger partial charge in [-0.05, 0) is 44.3 Å². The summed E-state index contributed by atoms with van der Waals surface area (Å²) in [5.74, 6) is 0.657. The maximum Gasteiger partial charge on any atom is 0.0608 e. The fourth-order valence-corrected chi connectivity index (χ4v) is 2.53. The quantitative estimate of drug-likeness (QED) is 0.831. The van der Waals surface area contributed by atoms with Crippen LogP contribution in [0.1, 0.15) is 31.2 Å². The van der Waals surface area contributed by atoms with Crippen LogP contribution in [0.15, 0.2) is 30.3 Å². The van der Waals surface area contributed by atoms with Crippen LogP contribution in [0.4, 0.5) is 0 Å². The fourth-order valence-electron chi connectivity index (χ4n) is 2.53. The van der Waals surface area contributed by atoms with Crippen molar-refractivity contribution >= 4 is 0 Å². The molecule has 0 spiro atoms. The van der Waals surface area contributed by atoms with E-state index in [1.165, 1.54) is 12.0 Å². The summed E-state index contributed by atoms with van der Waals surface area (Å²) in [4.78, 5) is 2.46. The van der Waals surface area contributed by atoms with Crippen molar-refractivity contribution in [2.24, 2.45) is 5.73 Å². The molecule has 1 heterocycles. The van der Waals surface area contributed by atoms with E-state index in [9.17, 15) is 0 Å². The molecule has 0 bridgehead atoms. The molecule has 1 aromatic rings. The molecular formula is C15H24N2O. The topological polar surface area (TPSA) is 49.5 Å². The van der Waals surface area contributed by atoms with E-state index in [1.54, 1.807) is 0 Å². The minimum Gasteiger partial charge on any atom is -0.394 e. The molecule has 0 saturated carbocycles. The van der Waals surface area contributed by atoms with E-state index in [2.05, 4.69) is 35.2 Å². The number of hydrogen-bond acceptors (Lipinski definition) is 3. The van der Waals surface area contributed by atoms with Crippen molar-refractivity contribution in [1.29, 1.82) is 0 Å². The number of nitrogens with two attached hydrogens (primary N) is 1. The molecule has 0 aliphatic carbocycles. The van der Waals surface area contributed by atoms with Gasteiger partial charge in [0, 0.05) is 12.1 Å². The van der Waals surface area contributed by atoms with Crippen LogP contribution in [0, 0.1) is 0 Å². The van der Waals surface area contributed by atoms with Gasteiger partial charge in [0.15, 0.2) is 0 Å². The van der Waals surface area contributed by atoms with Crippen molar-refractivity contribution < 1.29 is 5.11 Å². The molecule has 3 N–H and O–H groups in total. The molecule has 1 saturated heterocycles. The summed E-state index contributed by atoms with van der Waals surface area (Å²) < 4.78 is 0. The number of hydrogen-bond donors (Lipinski definition) is 2. The van der Waals surface area contributed by atoms with Crippen LogP contribution in [0.25, 0.3) is 0 Å². The second-order valence-electron chi connectivity index (χ2n) is 5.76. The first-order valence-corrected chi connectivity index (χ1v) is 6.78. The highest BCUT2D eigenvalue weighted by atomic mass is 16.3. The minimum atomic E-state index is -0.440. The first-order chi connectivity index (χ1) is 8.61. The molecule has 1 aliphatic rings. The highest BCUT2D eigenvalue weighted by Gasteiger charge is 2.25. The molecule has 0 aromatic heterocycles. The smallest absolute Gasteiger partial charge is 0.0608 e. The Kier molecular flexibility index (Phi) is 4.38. The number of benzene rings is 1. The Balaban J connectivity index is 1.82. The molecule has 0 radical (unpaired) electrons. The zero-order valence-corrected chi connectivity index (χ0v) is 11.2. The molecule has 1 aliphatic heterocycles. The summed E-state index contributed by atoms with van der Waals surface area (Å²) in [6, 6.07) is 10.7. The number of aliphatic hydroxyl groups is 1. The normalized spacial score (nSPS) is 24.1. The van der Waals surface area contributed by atoms with E-state index in [0.29, 0.717) is 5.92 Å². The third-order valence-electron chi connectivity index (χ3n) is 3.90. The summed E-state index contributed by atoms with van der Waals surface area (Å²) in [5, 5.41) is 9.15. The van der Waals surface area contributed by atoms with Crippen LogP contribution in [-0.4, -0.2) is 41.8 Å². The van der Waals surface area contributed by atoms with Crippen molar-refractivity contribution in [2.75, 3.05) is 26.2 Å². The van der Waals surface area contributed by atoms with Gasteiger partial charge in [0.25, 0.3) is 0 Å². The Morgan fingerprint density at radius 1 is 1.39 bits per heavy atom. The summed E-state index contributed by atoms with van der Waals surface area (Å²) in [5.41, 5.74) is 6.97. The maximum atomic E-state index is 9.15. The number of aliphatic hydroxyl groups excluding tert-OH is 1. The van der Waals surface area contributed by atoms with Crippen LogP contribution in [-0.2, 0) is 0 Å². The number of rotatable bonds is 5. The molecule has 1 fully saturated rings. The second kappa shape index (κ2) is 5.83. The van der Waals surface area contributed by atoms with Gasteiger partial charge < -0.3 is 15.7 Å². The third-order valence-corrected chi connectivity index (χ3v) is 3.90. The summed E-state index contributed by atoms with van der Waals surface area (Å²) in [7, 11) is 0. The highest BCUT2D eigenvalue weighted by molar-refractivity contribution is 5.20. The molecule has 2 unspecified atom stereocenters. The van der Waals surface area contributed by atoms with Gasteiger partial charge in [-0.2, -0.15) is 0 Å². The van der Waals surface area contributed by atoms with E-state index in [-0.39, 0.29) is 6.61 Å². The standard InChI is InChI=1S/C15H24N2O/c1-15(16,12-18)8-10-17-9-7-14(11-17)13-5-3-2-4-6-13/h2-6,14,18H,7-12,16H2,1H3. The molecule has 3 nitrogen and oxygen atoms in total. The molecule has 1 aromatic carbocycles. The predicted octanol–water partition coefficient (Wildman–Crippen LogP) is 1.58. The first-order valence-electron chi connectivity index (χ1n) is 6.78. The Hall–Kier alpha value is -0.900. The van der Waals surface area contributed by atoms with Crippen molar-refractivity contribution in [2.45, 2.75) is 31.2 Å². The predicted molar refractivity (Wildman–Crippen MR) is 74.5 cm³/mol. The Morgan fingerprint density at radius 3 is 2.78 bits per heavy atom. The molecule has 100 valence electrons. The minimum absolute atomic E-state index is 0.0585. The summed E-state index contributed by atoms with van der Waals surface area (Å²) in [6.45, 7) is 5.21. The SMILES string of the molecule is CC(N)(CO)CCN1CCC(c2ccccc2)C1. The van der Waals surface area contributed by atoms with Crippen LogP contribution in [0.5, 0.6) is 0 Å². The monoisotopic (exact) mass is 248 g/mol. The van der Waals surface area contributed by atoms with Gasteiger partial charge in [-0.1, -0.05) is 30.3 Å². The summed E-state index contributed by atoms with van der Waals surface area (Å²) in [6.07, 6.45) is 2.08. The van der Waals surface area contributed by atoms with Gasteiger partial charge in [0.2, 0.25) is 0 Å². The second-order valence-corrected chi connectivity index (χ2v) is 5.76. The van der Waals surface area contributed by atoms with E-state index in [0.717, 1.165) is 26.1 Å². The molecule has 0 amide bonds. The van der Waals surface area contributed by atoms with Gasteiger partial charge in [0.05, 0.1) is 6.61 Å². The van der Waals surface area contributed by atoms with Gasteiger partial charge in [0.1, 0.15) is 0 Å². The average Bonchev–Trinajstić information content (AvgIpc) is 2.86. The molecular weight excluding hydrogens is 224 g/mol. The third kappa shape index (κ3) is 3.55. The lowest BCUT2D eigenvalue weighted by Crippen LogP contribution is -2.43. The zero-order chi connectivity index (χ0) is 13.0. The van der Waals surface area contributed by atoms with E-state index < -0.39 is 5.54 Å². The van der Waals surface area contributed by atoms with Gasteiger partial charge >= 0.3 is 0 Å². The zero-order valence-electron chi connectivity index (χ0n) is 11.2. The Bertz CT molecular complexity index is 364. The molecule has 2 atom stereocenters. The number of likely N-dealkylation sites (tertiary alicyclic amines) is 1. The largest absolute Gasteiger partial charge is 0.394 e. The highest BCUT2D eigenvalue weighted by Crippen LogP contribution is 2.27. The van der Waals surface area contributed by atoms with Crippen molar-refractivity contribution in [3.63, 3.8) is 0 Å². The molecule has 18 heavy (non-hydrogen) atoms. The Labute approximate surface area is 110 Å². The first kappa shape index (κ1) is 13.5. The lowest BCUT2D eigenvalue weighted by atomic mass is 9.98. The number of nitrogens with zero attached hydrogens (tertiary/aromatic N) is 1. The Morgan fingerprint density at radius 2 is 2.11 bits per heavy atom. The van der Waals surface area contributed by atoms with Gasteiger partial charge in [-0.25, -0.2) is 0 Å². The fraction of sp³-hybridized carbons (Fsp3) is 0.600. The van der Waals surface area contributed by atoms with Crippen LogP contribution in [0.3, 0.4) is 0 Å². The van der Waals surface area contributed by atoms with Crippen LogP contribution in [0.2, 0.25) is 0 Å². The molecule has 2 rings (SSSR count). The van der Waals surface area contributed by atoms with Crippen LogP contribution >= 0.6 is 0 Å². The van der Waals surface area contributed by atoms with E-state index in [1.807, 2.05) is 6.92 Å². The van der Waals surface area contributed by atoms with E-state index in [4.69, 9.17) is 10.8 Å². The lowest BCUT2D eigenvalue weighted by molar-refractivity contribution is 0.182. The van der Waals surface area contributed by atoms with Crippen LogP contribution < -0.4 is 5.73 Å². The van der Waals surface area contributed by atoms with Gasteiger partial charge in [-0.3, -0.25) is 0 Å². The van der Waals surface area contributed by atoms with Crippen molar-refractivity contribution in [1.82, 2.24) is 4.90 Å². The maximum absolute atomic E-state index is 9.15. The van der Waals surface area contributed by atoms with Gasteiger partial charge in [-0.15, -0.1) is 0 Å². The molecule has 3 heteroatoms.